The molecule has 0 bridgehead atoms. The molecule has 2 aliphatic rings. The Kier molecular flexibility index (Phi) is 4.88. The molecule has 0 saturated heterocycles. The number of hydrogen-bond acceptors (Lipinski definition) is 3. The third-order valence-corrected chi connectivity index (χ3v) is 4.88. The Bertz CT molecular complexity index is 635. The van der Waals surface area contributed by atoms with Crippen LogP contribution >= 0.6 is 0 Å². The molecule has 1 unspecified atom stereocenters. The van der Waals surface area contributed by atoms with Crippen LogP contribution in [-0.2, 0) is 9.59 Å². The summed E-state index contributed by atoms with van der Waals surface area (Å²) in [4.78, 5) is 23.4. The second-order valence-corrected chi connectivity index (χ2v) is 6.60. The Morgan fingerprint density at radius 1 is 1.29 bits per heavy atom. The summed E-state index contributed by atoms with van der Waals surface area (Å²) in [7, 11) is 0. The number of rotatable bonds is 5. The lowest BCUT2D eigenvalue weighted by Crippen LogP contribution is -2.43. The fraction of sp³-hybridized carbons (Fsp3) is 0.474. The van der Waals surface area contributed by atoms with Gasteiger partial charge in [-0.1, -0.05) is 24.8 Å². The van der Waals surface area contributed by atoms with Gasteiger partial charge < -0.3 is 15.4 Å². The van der Waals surface area contributed by atoms with Crippen molar-refractivity contribution in [1.29, 1.82) is 0 Å². The zero-order valence-electron chi connectivity index (χ0n) is 13.8. The molecule has 1 aromatic rings. The van der Waals surface area contributed by atoms with Gasteiger partial charge in [0.25, 0.3) is 0 Å². The Morgan fingerprint density at radius 2 is 2.04 bits per heavy atom. The Morgan fingerprint density at radius 3 is 2.79 bits per heavy atom. The van der Waals surface area contributed by atoms with Gasteiger partial charge in [0.15, 0.2) is 0 Å². The highest BCUT2D eigenvalue weighted by molar-refractivity contribution is 5.87. The highest BCUT2D eigenvalue weighted by Crippen LogP contribution is 2.46. The largest absolute Gasteiger partial charge is 0.487 e. The first kappa shape index (κ1) is 16.6. The molecule has 3 rings (SSSR count). The first-order valence-electron chi connectivity index (χ1n) is 8.59. The van der Waals surface area contributed by atoms with Gasteiger partial charge in [0.2, 0.25) is 11.8 Å². The van der Waals surface area contributed by atoms with Crippen LogP contribution in [0.2, 0.25) is 0 Å². The monoisotopic (exact) mass is 328 g/mol. The van der Waals surface area contributed by atoms with E-state index in [1.807, 2.05) is 24.3 Å². The second-order valence-electron chi connectivity index (χ2n) is 6.60. The molecular formula is C19H24N2O3. The van der Waals surface area contributed by atoms with Crippen LogP contribution in [0.5, 0.6) is 5.75 Å². The summed E-state index contributed by atoms with van der Waals surface area (Å²) >= 11 is 0. The van der Waals surface area contributed by atoms with E-state index in [0.29, 0.717) is 6.54 Å². The predicted molar refractivity (Wildman–Crippen MR) is 91.6 cm³/mol. The molecule has 2 N–H and O–H groups in total. The number of ether oxygens (including phenoxy) is 1. The van der Waals surface area contributed by atoms with Crippen molar-refractivity contribution in [3.63, 3.8) is 0 Å². The third-order valence-electron chi connectivity index (χ3n) is 4.88. The average Bonchev–Trinajstić information content (AvgIpc) is 3.02. The Labute approximate surface area is 142 Å². The molecule has 0 aromatic heterocycles. The number of carbonyl (C=O) groups is 2. The Balaban J connectivity index is 1.66. The Hall–Kier alpha value is -2.30. The van der Waals surface area contributed by atoms with Gasteiger partial charge in [-0.2, -0.15) is 0 Å². The summed E-state index contributed by atoms with van der Waals surface area (Å²) in [6.07, 6.45) is 6.72. The van der Waals surface area contributed by atoms with Crippen LogP contribution in [0.3, 0.4) is 0 Å². The summed E-state index contributed by atoms with van der Waals surface area (Å²) < 4.78 is 6.30. The summed E-state index contributed by atoms with van der Waals surface area (Å²) in [5, 5.41) is 5.75. The molecular weight excluding hydrogens is 304 g/mol. The molecule has 5 heteroatoms. The summed E-state index contributed by atoms with van der Waals surface area (Å²) in [6, 6.07) is 7.91. The van der Waals surface area contributed by atoms with Gasteiger partial charge in [0.05, 0.1) is 6.04 Å². The van der Waals surface area contributed by atoms with E-state index in [0.717, 1.165) is 30.6 Å². The van der Waals surface area contributed by atoms with Crippen molar-refractivity contribution in [2.45, 2.75) is 50.2 Å². The van der Waals surface area contributed by atoms with Gasteiger partial charge in [-0.3, -0.25) is 9.59 Å². The van der Waals surface area contributed by atoms with Crippen molar-refractivity contribution in [2.75, 3.05) is 6.54 Å². The molecule has 1 aromatic carbocycles. The van der Waals surface area contributed by atoms with Crippen LogP contribution in [0.1, 0.15) is 50.1 Å². The predicted octanol–water partition coefficient (Wildman–Crippen LogP) is 2.63. The van der Waals surface area contributed by atoms with Crippen molar-refractivity contribution >= 4 is 11.8 Å². The van der Waals surface area contributed by atoms with Gasteiger partial charge >= 0.3 is 0 Å². The second kappa shape index (κ2) is 7.07. The van der Waals surface area contributed by atoms with E-state index in [1.165, 1.54) is 18.9 Å². The van der Waals surface area contributed by atoms with E-state index in [1.54, 1.807) is 0 Å². The molecule has 128 valence electrons. The minimum atomic E-state index is -0.260. The van der Waals surface area contributed by atoms with Crippen molar-refractivity contribution in [2.24, 2.45) is 0 Å². The highest BCUT2D eigenvalue weighted by atomic mass is 16.5. The maximum atomic E-state index is 12.3. The van der Waals surface area contributed by atoms with Crippen molar-refractivity contribution in [3.05, 3.63) is 42.5 Å². The number of benzene rings is 1. The van der Waals surface area contributed by atoms with Gasteiger partial charge in [-0.05, 0) is 37.8 Å². The van der Waals surface area contributed by atoms with Crippen LogP contribution in [0.25, 0.3) is 0 Å². The number of amides is 2. The number of carbonyl (C=O) groups excluding carboxylic acids is 2. The van der Waals surface area contributed by atoms with Crippen molar-refractivity contribution in [1.82, 2.24) is 10.6 Å². The smallest absolute Gasteiger partial charge is 0.243 e. The van der Waals surface area contributed by atoms with Crippen LogP contribution < -0.4 is 15.4 Å². The minimum Gasteiger partial charge on any atom is -0.487 e. The van der Waals surface area contributed by atoms with Gasteiger partial charge in [0.1, 0.15) is 11.4 Å². The zero-order valence-corrected chi connectivity index (χ0v) is 13.8. The van der Waals surface area contributed by atoms with E-state index < -0.39 is 0 Å². The van der Waals surface area contributed by atoms with Gasteiger partial charge in [-0.25, -0.2) is 0 Å². The SMILES string of the molecule is C=CC(=O)NCCC(=O)NC1CC2(CCCC2)Oc2ccccc21. The van der Waals surface area contributed by atoms with E-state index >= 15 is 0 Å². The van der Waals surface area contributed by atoms with E-state index in [9.17, 15) is 9.59 Å². The summed E-state index contributed by atoms with van der Waals surface area (Å²) in [5.41, 5.74) is 0.905. The van der Waals surface area contributed by atoms with E-state index in [4.69, 9.17) is 4.74 Å². The van der Waals surface area contributed by atoms with Crippen molar-refractivity contribution in [3.8, 4) is 5.75 Å². The average molecular weight is 328 g/mol. The normalized spacial score (nSPS) is 20.8. The molecule has 5 nitrogen and oxygen atoms in total. The number of para-hydroxylation sites is 1. The molecule has 1 heterocycles. The molecule has 1 saturated carbocycles. The molecule has 1 fully saturated rings. The standard InChI is InChI=1S/C19H24N2O3/c1-2-17(22)20-12-9-18(23)21-15-13-19(10-5-6-11-19)24-16-8-4-3-7-14(15)16/h2-4,7-8,15H,1,5-6,9-13H2,(H,20,22)(H,21,23). The number of hydrogen-bond donors (Lipinski definition) is 2. The lowest BCUT2D eigenvalue weighted by Gasteiger charge is -2.40. The maximum absolute atomic E-state index is 12.3. The fourth-order valence-corrected chi connectivity index (χ4v) is 3.71. The van der Waals surface area contributed by atoms with Crippen molar-refractivity contribution < 1.29 is 14.3 Å². The molecule has 2 amide bonds. The quantitative estimate of drug-likeness (QED) is 0.817. The third kappa shape index (κ3) is 3.61. The van der Waals surface area contributed by atoms with E-state index in [2.05, 4.69) is 17.2 Å². The van der Waals surface area contributed by atoms with Crippen LogP contribution in [0.15, 0.2) is 36.9 Å². The molecule has 1 aliphatic heterocycles. The van der Waals surface area contributed by atoms with Crippen LogP contribution in [-0.4, -0.2) is 24.0 Å². The zero-order chi connectivity index (χ0) is 17.0. The summed E-state index contributed by atoms with van der Waals surface area (Å²) in [5.74, 6) is 0.564. The molecule has 1 spiro atoms. The molecule has 0 radical (unpaired) electrons. The molecule has 1 atom stereocenters. The van der Waals surface area contributed by atoms with Gasteiger partial charge in [-0.15, -0.1) is 0 Å². The lowest BCUT2D eigenvalue weighted by atomic mass is 9.86. The minimum absolute atomic E-state index is 0.0318. The molecule has 24 heavy (non-hydrogen) atoms. The topological polar surface area (TPSA) is 67.4 Å². The molecule has 1 aliphatic carbocycles. The maximum Gasteiger partial charge on any atom is 0.243 e. The van der Waals surface area contributed by atoms with Crippen LogP contribution in [0.4, 0.5) is 0 Å². The van der Waals surface area contributed by atoms with Crippen LogP contribution in [0, 0.1) is 0 Å². The lowest BCUT2D eigenvalue weighted by molar-refractivity contribution is -0.122. The fourth-order valence-electron chi connectivity index (χ4n) is 3.71. The number of fused-ring (bicyclic) bond motifs is 1. The first-order valence-corrected chi connectivity index (χ1v) is 8.59. The number of nitrogens with one attached hydrogen (secondary N) is 2. The first-order chi connectivity index (χ1) is 11.6. The summed E-state index contributed by atoms with van der Waals surface area (Å²) in [6.45, 7) is 3.70. The van der Waals surface area contributed by atoms with E-state index in [-0.39, 0.29) is 29.9 Å². The highest BCUT2D eigenvalue weighted by Gasteiger charge is 2.43. The van der Waals surface area contributed by atoms with Gasteiger partial charge in [0, 0.05) is 24.9 Å².